The fourth-order valence-corrected chi connectivity index (χ4v) is 3.34. The summed E-state index contributed by atoms with van der Waals surface area (Å²) in [5, 5.41) is 0. The number of hydrogen-bond acceptors (Lipinski definition) is 3. The van der Waals surface area contributed by atoms with Gasteiger partial charge in [0.25, 0.3) is 0 Å². The molecular weight excluding hydrogens is 276 g/mol. The predicted octanol–water partition coefficient (Wildman–Crippen LogP) is 4.35. The molecule has 2 rings (SSSR count). The van der Waals surface area contributed by atoms with Gasteiger partial charge in [-0.15, -0.1) is 0 Å². The van der Waals surface area contributed by atoms with E-state index in [2.05, 4.69) is 45.9 Å². The quantitative estimate of drug-likeness (QED) is 0.431. The summed E-state index contributed by atoms with van der Waals surface area (Å²) in [6.45, 7) is 8.41. The molecule has 0 N–H and O–H groups in total. The molecule has 3 unspecified atom stereocenters. The molecule has 1 aliphatic heterocycles. The van der Waals surface area contributed by atoms with E-state index in [0.29, 0.717) is 6.42 Å². The van der Waals surface area contributed by atoms with Gasteiger partial charge in [0, 0.05) is 0 Å². The van der Waals surface area contributed by atoms with Crippen LogP contribution in [0.4, 0.5) is 0 Å². The van der Waals surface area contributed by atoms with E-state index in [0.717, 1.165) is 19.3 Å². The largest absolute Gasteiger partial charge is 0.393 e. The van der Waals surface area contributed by atoms with Crippen molar-refractivity contribution in [2.24, 2.45) is 17.8 Å². The van der Waals surface area contributed by atoms with Gasteiger partial charge < -0.3 is 4.74 Å². The summed E-state index contributed by atoms with van der Waals surface area (Å²) >= 11 is 0. The normalized spacial score (nSPS) is 28.1. The summed E-state index contributed by atoms with van der Waals surface area (Å²) in [4.78, 5) is 23.7. The molecule has 3 heteroatoms. The van der Waals surface area contributed by atoms with Gasteiger partial charge in [-0.3, -0.25) is 9.59 Å². The maximum atomic E-state index is 12.0. The average molecular weight is 302 g/mol. The van der Waals surface area contributed by atoms with Crippen molar-refractivity contribution in [1.82, 2.24) is 0 Å². The minimum Gasteiger partial charge on any atom is -0.393 e. The highest BCUT2D eigenvalue weighted by Crippen LogP contribution is 2.42. The number of cyclic esters (lactones) is 2. The lowest BCUT2D eigenvalue weighted by Gasteiger charge is -2.28. The Hall–Kier alpha value is -1.64. The van der Waals surface area contributed by atoms with Gasteiger partial charge in [0.2, 0.25) is 0 Å². The van der Waals surface area contributed by atoms with Gasteiger partial charge in [-0.05, 0) is 59.3 Å². The predicted molar refractivity (Wildman–Crippen MR) is 87.0 cm³/mol. The summed E-state index contributed by atoms with van der Waals surface area (Å²) in [7, 11) is 0. The molecule has 1 fully saturated rings. The molecule has 2 aliphatic rings. The Kier molecular flexibility index (Phi) is 5.38. The number of fused-ring (bicyclic) bond motifs is 1. The van der Waals surface area contributed by atoms with Crippen LogP contribution in [0, 0.1) is 17.8 Å². The summed E-state index contributed by atoms with van der Waals surface area (Å²) in [5.41, 5.74) is 3.89. The van der Waals surface area contributed by atoms with Gasteiger partial charge in [-0.2, -0.15) is 0 Å². The van der Waals surface area contributed by atoms with Gasteiger partial charge in [0.15, 0.2) is 0 Å². The van der Waals surface area contributed by atoms with Crippen LogP contribution in [0.3, 0.4) is 0 Å². The summed E-state index contributed by atoms with van der Waals surface area (Å²) in [6.07, 6.45) is 10.1. The van der Waals surface area contributed by atoms with E-state index >= 15 is 0 Å². The van der Waals surface area contributed by atoms with Crippen molar-refractivity contribution in [2.75, 3.05) is 0 Å². The average Bonchev–Trinajstić information content (AvgIpc) is 2.72. The number of carbonyl (C=O) groups excluding carboxylic acids is 2. The number of esters is 2. The maximum absolute atomic E-state index is 12.0. The van der Waals surface area contributed by atoms with Crippen LogP contribution in [0.15, 0.2) is 34.9 Å². The van der Waals surface area contributed by atoms with Gasteiger partial charge in [0.1, 0.15) is 0 Å². The number of allylic oxidation sites excluding steroid dienone is 6. The Balaban J connectivity index is 2.02. The standard InChI is InChI=1S/C19H26O3/c1-12(2)6-5-7-13(3)8-10-15-14(4)9-11-16-17(15)19(21)22-18(16)20/h6,8-9,15-17H,5,7,10-11H2,1-4H3/b13-8+. The van der Waals surface area contributed by atoms with E-state index in [1.54, 1.807) is 0 Å². The third-order valence-corrected chi connectivity index (χ3v) is 4.73. The van der Waals surface area contributed by atoms with Gasteiger partial charge in [0.05, 0.1) is 11.8 Å². The van der Waals surface area contributed by atoms with Crippen molar-refractivity contribution < 1.29 is 14.3 Å². The molecule has 0 bridgehead atoms. The zero-order valence-electron chi connectivity index (χ0n) is 14.0. The SMILES string of the molecule is CC(C)=CCC/C(C)=C/CC1C(C)=CCC2C(=O)OC(=O)C21. The highest BCUT2D eigenvalue weighted by molar-refractivity contribution is 5.97. The molecule has 120 valence electrons. The third kappa shape index (κ3) is 3.76. The smallest absolute Gasteiger partial charge is 0.318 e. The first kappa shape index (κ1) is 16.7. The number of carbonyl (C=O) groups is 2. The monoisotopic (exact) mass is 302 g/mol. The molecule has 1 aliphatic carbocycles. The Labute approximate surface area is 133 Å². The highest BCUT2D eigenvalue weighted by atomic mass is 16.6. The van der Waals surface area contributed by atoms with Crippen molar-refractivity contribution in [1.29, 1.82) is 0 Å². The van der Waals surface area contributed by atoms with Gasteiger partial charge >= 0.3 is 11.9 Å². The molecule has 0 radical (unpaired) electrons. The molecule has 0 saturated carbocycles. The molecule has 22 heavy (non-hydrogen) atoms. The summed E-state index contributed by atoms with van der Waals surface area (Å²) < 4.78 is 4.85. The fraction of sp³-hybridized carbons (Fsp3) is 0.579. The van der Waals surface area contributed by atoms with Crippen LogP contribution in [0.25, 0.3) is 0 Å². The lowest BCUT2D eigenvalue weighted by Crippen LogP contribution is -2.30. The molecule has 0 aromatic rings. The second-order valence-electron chi connectivity index (χ2n) is 6.77. The molecule has 0 amide bonds. The molecule has 0 aromatic heterocycles. The minimum absolute atomic E-state index is 0.108. The first-order chi connectivity index (χ1) is 10.4. The molecule has 1 heterocycles. The van der Waals surface area contributed by atoms with E-state index in [1.165, 1.54) is 16.7 Å². The molecule has 3 atom stereocenters. The Morgan fingerprint density at radius 1 is 1.23 bits per heavy atom. The summed E-state index contributed by atoms with van der Waals surface area (Å²) in [5.74, 6) is -1.10. The second kappa shape index (κ2) is 7.08. The van der Waals surface area contributed by atoms with Crippen LogP contribution in [-0.4, -0.2) is 11.9 Å². The van der Waals surface area contributed by atoms with Crippen LogP contribution < -0.4 is 0 Å². The van der Waals surface area contributed by atoms with E-state index < -0.39 is 0 Å². The van der Waals surface area contributed by atoms with E-state index in [9.17, 15) is 9.59 Å². The van der Waals surface area contributed by atoms with Crippen molar-refractivity contribution in [3.05, 3.63) is 34.9 Å². The van der Waals surface area contributed by atoms with Crippen LogP contribution in [0.1, 0.15) is 53.4 Å². The van der Waals surface area contributed by atoms with Crippen LogP contribution in [-0.2, 0) is 14.3 Å². The second-order valence-corrected chi connectivity index (χ2v) is 6.77. The van der Waals surface area contributed by atoms with Crippen LogP contribution in [0.2, 0.25) is 0 Å². The topological polar surface area (TPSA) is 43.4 Å². The first-order valence-corrected chi connectivity index (χ1v) is 8.11. The summed E-state index contributed by atoms with van der Waals surface area (Å²) in [6, 6.07) is 0. The Morgan fingerprint density at radius 3 is 2.64 bits per heavy atom. The van der Waals surface area contributed by atoms with Crippen LogP contribution in [0.5, 0.6) is 0 Å². The number of rotatable bonds is 5. The first-order valence-electron chi connectivity index (χ1n) is 8.11. The van der Waals surface area contributed by atoms with Gasteiger partial charge in [-0.1, -0.05) is 34.9 Å². The van der Waals surface area contributed by atoms with E-state index in [4.69, 9.17) is 4.74 Å². The zero-order valence-corrected chi connectivity index (χ0v) is 14.0. The molecule has 0 aromatic carbocycles. The van der Waals surface area contributed by atoms with Crippen molar-refractivity contribution in [3.8, 4) is 0 Å². The molecule has 0 spiro atoms. The van der Waals surface area contributed by atoms with Gasteiger partial charge in [-0.25, -0.2) is 0 Å². The van der Waals surface area contributed by atoms with Crippen molar-refractivity contribution >= 4 is 11.9 Å². The molecular formula is C19H26O3. The Bertz CT molecular complexity index is 547. The molecule has 3 nitrogen and oxygen atoms in total. The van der Waals surface area contributed by atoms with E-state index in [-0.39, 0.29) is 29.7 Å². The Morgan fingerprint density at radius 2 is 1.95 bits per heavy atom. The van der Waals surface area contributed by atoms with Crippen molar-refractivity contribution in [2.45, 2.75) is 53.4 Å². The van der Waals surface area contributed by atoms with E-state index in [1.807, 2.05) is 0 Å². The fourth-order valence-electron chi connectivity index (χ4n) is 3.34. The number of hydrogen-bond donors (Lipinski definition) is 0. The maximum Gasteiger partial charge on any atom is 0.318 e. The van der Waals surface area contributed by atoms with Crippen molar-refractivity contribution in [3.63, 3.8) is 0 Å². The zero-order chi connectivity index (χ0) is 16.3. The molecule has 1 saturated heterocycles. The number of ether oxygens (including phenoxy) is 1. The third-order valence-electron chi connectivity index (χ3n) is 4.73. The van der Waals surface area contributed by atoms with Crippen LogP contribution >= 0.6 is 0 Å². The highest BCUT2D eigenvalue weighted by Gasteiger charge is 2.49. The lowest BCUT2D eigenvalue weighted by molar-refractivity contribution is -0.154. The minimum atomic E-state index is -0.340. The lowest BCUT2D eigenvalue weighted by atomic mass is 9.72.